The van der Waals surface area contributed by atoms with Crippen molar-refractivity contribution < 1.29 is 19.4 Å². The fourth-order valence-corrected chi connectivity index (χ4v) is 4.27. The van der Waals surface area contributed by atoms with Crippen LogP contribution in [-0.4, -0.2) is 53.2 Å². The van der Waals surface area contributed by atoms with Gasteiger partial charge in [-0.3, -0.25) is 14.6 Å². The number of aliphatic carboxylic acids is 1. The zero-order valence-electron chi connectivity index (χ0n) is 15.0. The standard InChI is InChI=1S/C20H22N2O4/c1-12-4-3-5-14-8-16(13(2)21-17(12)14)18(23)22-9-15-6-7-26-11-20(15,10-22)19(24)25/h3-5,8,15H,6-7,9-11H2,1-2H3,(H,24,25)/t15-,20+/m0/s1. The lowest BCUT2D eigenvalue weighted by molar-refractivity contribution is -0.159. The van der Waals surface area contributed by atoms with Crippen LogP contribution in [-0.2, 0) is 9.53 Å². The normalized spacial score (nSPS) is 25.3. The number of amides is 1. The predicted molar refractivity (Wildman–Crippen MR) is 96.1 cm³/mol. The first-order valence-corrected chi connectivity index (χ1v) is 8.90. The fourth-order valence-electron chi connectivity index (χ4n) is 4.27. The van der Waals surface area contributed by atoms with Gasteiger partial charge < -0.3 is 14.7 Å². The number of carbonyl (C=O) groups excluding carboxylic acids is 1. The molecule has 3 heterocycles. The van der Waals surface area contributed by atoms with Gasteiger partial charge in [-0.2, -0.15) is 0 Å². The Morgan fingerprint density at radius 1 is 1.35 bits per heavy atom. The van der Waals surface area contributed by atoms with Crippen LogP contribution >= 0.6 is 0 Å². The Morgan fingerprint density at radius 3 is 2.88 bits per heavy atom. The third-order valence-corrected chi connectivity index (χ3v) is 5.85. The number of nitrogens with zero attached hydrogens (tertiary/aromatic N) is 2. The van der Waals surface area contributed by atoms with Crippen LogP contribution in [0.25, 0.3) is 10.9 Å². The summed E-state index contributed by atoms with van der Waals surface area (Å²) in [4.78, 5) is 31.4. The van der Waals surface area contributed by atoms with E-state index in [0.29, 0.717) is 30.8 Å². The number of hydrogen-bond acceptors (Lipinski definition) is 4. The number of carboxylic acids is 1. The van der Waals surface area contributed by atoms with Crippen LogP contribution in [0, 0.1) is 25.2 Å². The SMILES string of the molecule is Cc1nc2c(C)cccc2cc1C(=O)N1C[C@@H]2CCOC[C@]2(C(=O)O)C1. The summed E-state index contributed by atoms with van der Waals surface area (Å²) in [5.41, 5.74) is 2.20. The summed E-state index contributed by atoms with van der Waals surface area (Å²) in [5.74, 6) is -1.08. The summed E-state index contributed by atoms with van der Waals surface area (Å²) < 4.78 is 5.45. The second-order valence-electron chi connectivity index (χ2n) is 7.45. The Morgan fingerprint density at radius 2 is 2.15 bits per heavy atom. The minimum atomic E-state index is -0.983. The van der Waals surface area contributed by atoms with Crippen molar-refractivity contribution in [3.63, 3.8) is 0 Å². The molecule has 0 unspecified atom stereocenters. The molecular weight excluding hydrogens is 332 g/mol. The van der Waals surface area contributed by atoms with Crippen LogP contribution in [0.4, 0.5) is 0 Å². The van der Waals surface area contributed by atoms with Gasteiger partial charge in [0.15, 0.2) is 0 Å². The third kappa shape index (κ3) is 2.48. The van der Waals surface area contributed by atoms with Gasteiger partial charge in [-0.15, -0.1) is 0 Å². The number of rotatable bonds is 2. The fraction of sp³-hybridized carbons (Fsp3) is 0.450. The Kier molecular flexibility index (Phi) is 3.95. The molecule has 2 atom stereocenters. The molecular formula is C20H22N2O4. The van der Waals surface area contributed by atoms with Crippen LogP contribution in [0.1, 0.15) is 28.0 Å². The van der Waals surface area contributed by atoms with Crippen molar-refractivity contribution in [1.82, 2.24) is 9.88 Å². The highest BCUT2D eigenvalue weighted by atomic mass is 16.5. The summed E-state index contributed by atoms with van der Waals surface area (Å²) in [6.45, 7) is 5.20. The highest BCUT2D eigenvalue weighted by molar-refractivity contribution is 5.99. The van der Waals surface area contributed by atoms with E-state index in [1.807, 2.05) is 38.1 Å². The lowest BCUT2D eigenvalue weighted by atomic mass is 9.76. The number of carbonyl (C=O) groups is 2. The Hall–Kier alpha value is -2.47. The number of carboxylic acid groups (broad SMARTS) is 1. The van der Waals surface area contributed by atoms with Crippen molar-refractivity contribution in [3.8, 4) is 0 Å². The van der Waals surface area contributed by atoms with Crippen LogP contribution < -0.4 is 0 Å². The molecule has 1 amide bonds. The molecule has 6 nitrogen and oxygen atoms in total. The van der Waals surface area contributed by atoms with Crippen molar-refractivity contribution in [3.05, 3.63) is 41.1 Å². The summed E-state index contributed by atoms with van der Waals surface area (Å²) in [5, 5.41) is 10.7. The first kappa shape index (κ1) is 17.0. The smallest absolute Gasteiger partial charge is 0.314 e. The quantitative estimate of drug-likeness (QED) is 0.896. The third-order valence-electron chi connectivity index (χ3n) is 5.85. The molecule has 4 rings (SSSR count). The van der Waals surface area contributed by atoms with Gasteiger partial charge in [-0.05, 0) is 37.8 Å². The number of benzene rings is 1. The van der Waals surface area contributed by atoms with Crippen molar-refractivity contribution in [2.45, 2.75) is 20.3 Å². The van der Waals surface area contributed by atoms with E-state index in [1.165, 1.54) is 0 Å². The van der Waals surface area contributed by atoms with Gasteiger partial charge in [-0.25, -0.2) is 0 Å². The van der Waals surface area contributed by atoms with E-state index in [-0.39, 0.29) is 25.0 Å². The van der Waals surface area contributed by atoms with Crippen molar-refractivity contribution >= 4 is 22.8 Å². The Balaban J connectivity index is 1.69. The molecule has 2 aromatic rings. The summed E-state index contributed by atoms with van der Waals surface area (Å²) in [6, 6.07) is 7.77. The van der Waals surface area contributed by atoms with Gasteiger partial charge in [-0.1, -0.05) is 18.2 Å². The summed E-state index contributed by atoms with van der Waals surface area (Å²) >= 11 is 0. The van der Waals surface area contributed by atoms with Gasteiger partial charge in [0, 0.05) is 25.1 Å². The van der Waals surface area contributed by atoms with E-state index in [9.17, 15) is 14.7 Å². The van der Waals surface area contributed by atoms with Crippen LogP contribution in [0.15, 0.2) is 24.3 Å². The van der Waals surface area contributed by atoms with E-state index in [0.717, 1.165) is 16.5 Å². The highest BCUT2D eigenvalue weighted by Crippen LogP contribution is 2.42. The minimum absolute atomic E-state index is 0.0614. The predicted octanol–water partition coefficient (Wildman–Crippen LogP) is 2.41. The largest absolute Gasteiger partial charge is 0.481 e. The van der Waals surface area contributed by atoms with Crippen LogP contribution in [0.3, 0.4) is 0 Å². The van der Waals surface area contributed by atoms with Crippen molar-refractivity contribution in [2.24, 2.45) is 11.3 Å². The Labute approximate surface area is 151 Å². The Bertz CT molecular complexity index is 910. The maximum absolute atomic E-state index is 13.2. The molecule has 1 aromatic carbocycles. The zero-order valence-corrected chi connectivity index (χ0v) is 15.0. The molecule has 0 aliphatic carbocycles. The molecule has 136 valence electrons. The lowest BCUT2D eigenvalue weighted by Crippen LogP contribution is -2.46. The van der Waals surface area contributed by atoms with E-state index in [2.05, 4.69) is 4.98 Å². The topological polar surface area (TPSA) is 79.7 Å². The first-order chi connectivity index (χ1) is 12.4. The average molecular weight is 354 g/mol. The zero-order chi connectivity index (χ0) is 18.5. The van der Waals surface area contributed by atoms with Gasteiger partial charge >= 0.3 is 5.97 Å². The number of aromatic nitrogens is 1. The van der Waals surface area contributed by atoms with Gasteiger partial charge in [0.1, 0.15) is 5.41 Å². The molecule has 1 aromatic heterocycles. The highest BCUT2D eigenvalue weighted by Gasteiger charge is 2.55. The number of pyridine rings is 1. The maximum Gasteiger partial charge on any atom is 0.314 e. The first-order valence-electron chi connectivity index (χ1n) is 8.90. The molecule has 2 fully saturated rings. The maximum atomic E-state index is 13.2. The van der Waals surface area contributed by atoms with Gasteiger partial charge in [0.05, 0.1) is 23.4 Å². The number of aryl methyl sites for hydroxylation is 2. The van der Waals surface area contributed by atoms with E-state index in [4.69, 9.17) is 4.74 Å². The molecule has 2 aliphatic heterocycles. The number of likely N-dealkylation sites (tertiary alicyclic amines) is 1. The number of para-hydroxylation sites is 1. The molecule has 0 bridgehead atoms. The van der Waals surface area contributed by atoms with Crippen molar-refractivity contribution in [2.75, 3.05) is 26.3 Å². The number of ether oxygens (including phenoxy) is 1. The van der Waals surface area contributed by atoms with Crippen LogP contribution in [0.2, 0.25) is 0 Å². The molecule has 26 heavy (non-hydrogen) atoms. The van der Waals surface area contributed by atoms with Crippen LogP contribution in [0.5, 0.6) is 0 Å². The lowest BCUT2D eigenvalue weighted by Gasteiger charge is -2.33. The molecule has 0 saturated carbocycles. The van der Waals surface area contributed by atoms with E-state index in [1.54, 1.807) is 4.90 Å². The van der Waals surface area contributed by atoms with Crippen molar-refractivity contribution in [1.29, 1.82) is 0 Å². The van der Waals surface area contributed by atoms with Gasteiger partial charge in [0.25, 0.3) is 5.91 Å². The monoisotopic (exact) mass is 354 g/mol. The van der Waals surface area contributed by atoms with E-state index >= 15 is 0 Å². The second-order valence-corrected chi connectivity index (χ2v) is 7.45. The average Bonchev–Trinajstić information content (AvgIpc) is 3.03. The summed E-state index contributed by atoms with van der Waals surface area (Å²) in [6.07, 6.45) is 0.671. The number of hydrogen-bond donors (Lipinski definition) is 1. The molecule has 6 heteroatoms. The molecule has 1 N–H and O–H groups in total. The molecule has 2 saturated heterocycles. The number of fused-ring (bicyclic) bond motifs is 2. The molecule has 0 spiro atoms. The minimum Gasteiger partial charge on any atom is -0.481 e. The molecule has 2 aliphatic rings. The summed E-state index contributed by atoms with van der Waals surface area (Å²) in [7, 11) is 0. The van der Waals surface area contributed by atoms with E-state index < -0.39 is 11.4 Å². The second kappa shape index (κ2) is 6.06. The van der Waals surface area contributed by atoms with Gasteiger partial charge in [0.2, 0.25) is 0 Å². The molecule has 0 radical (unpaired) electrons.